The molecule has 4 aliphatic rings. The summed E-state index contributed by atoms with van der Waals surface area (Å²) in [5.74, 6) is 5.08. The smallest absolute Gasteiger partial charge is 0.163 e. The fourth-order valence-electron chi connectivity index (χ4n) is 12.7. The third-order valence-corrected chi connectivity index (χ3v) is 15.6. The van der Waals surface area contributed by atoms with Gasteiger partial charge in [-0.2, -0.15) is 0 Å². The van der Waals surface area contributed by atoms with Gasteiger partial charge in [0.2, 0.25) is 0 Å². The molecular formula is C48H72O7. The van der Waals surface area contributed by atoms with Crippen LogP contribution in [0.25, 0.3) is 0 Å². The Morgan fingerprint density at radius 1 is 0.582 bits per heavy atom. The molecule has 0 radical (unpaired) electrons. The number of benzene rings is 2. The summed E-state index contributed by atoms with van der Waals surface area (Å²) in [6, 6.07) is 10.8. The van der Waals surface area contributed by atoms with Crippen LogP contribution in [-0.2, 0) is 0 Å². The summed E-state index contributed by atoms with van der Waals surface area (Å²) >= 11 is 0. The van der Waals surface area contributed by atoms with Crippen molar-refractivity contribution in [3.63, 3.8) is 0 Å². The minimum Gasteiger partial charge on any atom is -0.497 e. The third kappa shape index (κ3) is 8.77. The van der Waals surface area contributed by atoms with Crippen LogP contribution in [0, 0.1) is 51.2 Å². The van der Waals surface area contributed by atoms with Gasteiger partial charge in [0.1, 0.15) is 23.0 Å². The van der Waals surface area contributed by atoms with E-state index in [0.29, 0.717) is 76.1 Å². The van der Waals surface area contributed by atoms with Gasteiger partial charge >= 0.3 is 0 Å². The van der Waals surface area contributed by atoms with E-state index < -0.39 is 5.60 Å². The zero-order chi connectivity index (χ0) is 40.6. The number of methoxy groups -OCH3 is 4. The van der Waals surface area contributed by atoms with Crippen molar-refractivity contribution in [1.82, 2.24) is 0 Å². The van der Waals surface area contributed by atoms with Crippen LogP contribution in [0.2, 0.25) is 0 Å². The molecule has 55 heavy (non-hydrogen) atoms. The number of ketones is 2. The molecule has 7 heteroatoms. The van der Waals surface area contributed by atoms with E-state index in [4.69, 9.17) is 18.9 Å². The summed E-state index contributed by atoms with van der Waals surface area (Å²) < 4.78 is 21.4. The molecule has 0 spiro atoms. The number of ether oxygens (including phenoxy) is 4. The fraction of sp³-hybridized carbons (Fsp3) is 0.708. The lowest BCUT2D eigenvalue weighted by molar-refractivity contribution is -0.165. The van der Waals surface area contributed by atoms with E-state index in [-0.39, 0.29) is 33.7 Å². The van der Waals surface area contributed by atoms with Gasteiger partial charge in [-0.3, -0.25) is 9.59 Å². The zero-order valence-electron chi connectivity index (χ0n) is 36.2. The molecule has 0 aromatic heterocycles. The molecule has 4 aliphatic carbocycles. The molecule has 2 aromatic carbocycles. The zero-order valence-corrected chi connectivity index (χ0v) is 36.2. The van der Waals surface area contributed by atoms with Crippen LogP contribution < -0.4 is 18.9 Å². The van der Waals surface area contributed by atoms with Gasteiger partial charge in [-0.25, -0.2) is 0 Å². The van der Waals surface area contributed by atoms with Crippen LogP contribution in [-0.4, -0.2) is 50.7 Å². The molecule has 6 rings (SSSR count). The van der Waals surface area contributed by atoms with Crippen molar-refractivity contribution in [2.45, 2.75) is 138 Å². The Labute approximate surface area is 332 Å². The van der Waals surface area contributed by atoms with E-state index in [2.05, 4.69) is 48.5 Å². The second-order valence-electron chi connectivity index (χ2n) is 19.9. The summed E-state index contributed by atoms with van der Waals surface area (Å²) in [4.78, 5) is 26.6. The number of rotatable bonds is 10. The van der Waals surface area contributed by atoms with Gasteiger partial charge in [0.05, 0.1) is 34.0 Å². The van der Waals surface area contributed by atoms with Crippen molar-refractivity contribution >= 4 is 11.6 Å². The number of Topliss-reactive ketones (excluding diaryl/α,β-unsaturated/α-hetero) is 2. The average molecular weight is 761 g/mol. The molecule has 306 valence electrons. The highest BCUT2D eigenvalue weighted by molar-refractivity contribution is 5.97. The maximum Gasteiger partial charge on any atom is 0.163 e. The molecule has 2 aromatic rings. The highest BCUT2D eigenvalue weighted by Crippen LogP contribution is 2.64. The van der Waals surface area contributed by atoms with Crippen molar-refractivity contribution in [1.29, 1.82) is 0 Å². The molecule has 0 saturated heterocycles. The lowest BCUT2D eigenvalue weighted by Crippen LogP contribution is -2.58. The molecule has 0 unspecified atom stereocenters. The van der Waals surface area contributed by atoms with E-state index >= 15 is 0 Å². The van der Waals surface area contributed by atoms with Gasteiger partial charge in [0.15, 0.2) is 11.6 Å². The van der Waals surface area contributed by atoms with Gasteiger partial charge in [0, 0.05) is 42.0 Å². The number of carbonyl (C=O) groups is 2. The Hall–Kier alpha value is -3.06. The van der Waals surface area contributed by atoms with Crippen LogP contribution >= 0.6 is 0 Å². The monoisotopic (exact) mass is 761 g/mol. The number of fused-ring (bicyclic) bond motifs is 2. The highest BCUT2D eigenvalue weighted by Gasteiger charge is 2.58. The second kappa shape index (κ2) is 16.4. The van der Waals surface area contributed by atoms with Gasteiger partial charge in [0.25, 0.3) is 0 Å². The number of aliphatic hydroxyl groups is 1. The summed E-state index contributed by atoms with van der Waals surface area (Å²) in [7, 11) is 6.43. The van der Waals surface area contributed by atoms with Crippen LogP contribution in [0.1, 0.15) is 153 Å². The molecule has 8 atom stereocenters. The first-order valence-electron chi connectivity index (χ1n) is 21.0. The second-order valence-corrected chi connectivity index (χ2v) is 19.9. The first-order valence-corrected chi connectivity index (χ1v) is 21.0. The fourth-order valence-corrected chi connectivity index (χ4v) is 12.7. The van der Waals surface area contributed by atoms with Crippen LogP contribution in [0.15, 0.2) is 36.4 Å². The minimum atomic E-state index is -0.822. The van der Waals surface area contributed by atoms with Crippen molar-refractivity contribution in [2.24, 2.45) is 51.2 Å². The molecule has 0 heterocycles. The number of carbonyl (C=O) groups excluding carboxylic acids is 2. The molecule has 4 saturated carbocycles. The summed E-state index contributed by atoms with van der Waals surface area (Å²) in [5, 5.41) is 11.3. The summed E-state index contributed by atoms with van der Waals surface area (Å²) in [6.45, 7) is 18.7. The van der Waals surface area contributed by atoms with E-state index in [0.717, 1.165) is 25.7 Å². The van der Waals surface area contributed by atoms with Crippen molar-refractivity contribution in [3.8, 4) is 23.0 Å². The summed E-state index contributed by atoms with van der Waals surface area (Å²) in [5.41, 5.74) is 1.35. The van der Waals surface area contributed by atoms with Crippen LogP contribution in [0.3, 0.4) is 0 Å². The maximum atomic E-state index is 13.3. The Bertz CT molecular complexity index is 1630. The van der Waals surface area contributed by atoms with E-state index in [1.165, 1.54) is 38.5 Å². The Morgan fingerprint density at radius 3 is 1.45 bits per heavy atom. The molecule has 0 bridgehead atoms. The van der Waals surface area contributed by atoms with Gasteiger partial charge in [-0.15, -0.1) is 0 Å². The molecule has 0 aliphatic heterocycles. The van der Waals surface area contributed by atoms with Crippen molar-refractivity contribution in [2.75, 3.05) is 28.4 Å². The quantitative estimate of drug-likeness (QED) is 0.241. The average Bonchev–Trinajstić information content (AvgIpc) is 3.13. The van der Waals surface area contributed by atoms with Crippen molar-refractivity contribution < 1.29 is 33.6 Å². The molecule has 0 amide bonds. The van der Waals surface area contributed by atoms with Crippen LogP contribution in [0.5, 0.6) is 23.0 Å². The third-order valence-electron chi connectivity index (χ3n) is 15.6. The Morgan fingerprint density at radius 2 is 1.00 bits per heavy atom. The van der Waals surface area contributed by atoms with Crippen LogP contribution in [0.4, 0.5) is 0 Å². The predicted octanol–water partition coefficient (Wildman–Crippen LogP) is 11.4. The first-order chi connectivity index (χ1) is 25.7. The molecule has 4 fully saturated rings. The Balaban J connectivity index is 0.000000211. The lowest BCUT2D eigenvalue weighted by Gasteiger charge is -2.61. The largest absolute Gasteiger partial charge is 0.497 e. The highest BCUT2D eigenvalue weighted by atomic mass is 16.5. The topological polar surface area (TPSA) is 91.3 Å². The summed E-state index contributed by atoms with van der Waals surface area (Å²) in [6.07, 6.45) is 12.6. The molecular weight excluding hydrogens is 689 g/mol. The standard InChI is InChI=1S/C24H36O4.C24H36O3/c1-22(2)9-7-10-23(3)20(22)8-11-24(4,26)21(23)15-19(25)16-12-17(27-5)14-18(13-16)28-6;1-16-8-9-22-23(2,3)10-7-11-24(22,4)20(16)15-21(25)17-12-18(26-5)14-19(13-17)27-6/h12-14,20-21,26H,7-11,15H2,1-6H3;12-14,16,20,22H,7-11,15H2,1-6H3/t20-,21+,23-,24+;16-,20-,22-,24+/m00/s1. The van der Waals surface area contributed by atoms with Crippen molar-refractivity contribution in [3.05, 3.63) is 47.5 Å². The van der Waals surface area contributed by atoms with E-state index in [9.17, 15) is 14.7 Å². The Kier molecular flexibility index (Phi) is 12.9. The molecule has 7 nitrogen and oxygen atoms in total. The van der Waals surface area contributed by atoms with Gasteiger partial charge in [-0.1, -0.05) is 67.7 Å². The minimum absolute atomic E-state index is 0.0257. The number of hydrogen-bond donors (Lipinski definition) is 1. The first kappa shape index (κ1) is 43.1. The lowest BCUT2D eigenvalue weighted by atomic mass is 9.45. The SMILES string of the molecule is COc1cc(OC)cc(C(=O)C[C@@H]2[C@@]3(C)CCCC(C)(C)[C@@H]3CC[C@@]2(C)O)c1.COc1cc(OC)cc(C(=O)C[C@H]2[C@@H](C)CC[C@H]3C(C)(C)CCC[C@]23C)c1. The van der Waals surface area contributed by atoms with E-state index in [1.807, 2.05) is 25.1 Å². The number of hydrogen-bond acceptors (Lipinski definition) is 7. The predicted molar refractivity (Wildman–Crippen MR) is 221 cm³/mol. The molecule has 1 N–H and O–H groups in total. The van der Waals surface area contributed by atoms with Gasteiger partial charge in [-0.05, 0) is 121 Å². The maximum absolute atomic E-state index is 13.3. The normalized spacial score (nSPS) is 33.4. The van der Waals surface area contributed by atoms with Gasteiger partial charge < -0.3 is 24.1 Å². The van der Waals surface area contributed by atoms with E-state index in [1.54, 1.807) is 46.6 Å².